The first-order valence-corrected chi connectivity index (χ1v) is 16.7. The maximum absolute atomic E-state index is 8.90. The molecular weight excluding hydrogens is 468 g/mol. The van der Waals surface area contributed by atoms with Crippen molar-refractivity contribution in [2.24, 2.45) is 33.9 Å². The minimum atomic E-state index is 0.495. The van der Waals surface area contributed by atoms with Crippen molar-refractivity contribution in [3.63, 3.8) is 0 Å². The van der Waals surface area contributed by atoms with Crippen LogP contribution >= 0.6 is 0 Å². The highest BCUT2D eigenvalue weighted by molar-refractivity contribution is 5.80. The third-order valence-electron chi connectivity index (χ3n) is 11.0. The number of rotatable bonds is 16. The van der Waals surface area contributed by atoms with Gasteiger partial charge in [0, 0.05) is 32.2 Å². The summed E-state index contributed by atoms with van der Waals surface area (Å²) in [5.74, 6) is 4.69. The van der Waals surface area contributed by atoms with Gasteiger partial charge in [-0.1, -0.05) is 46.0 Å². The van der Waals surface area contributed by atoms with Gasteiger partial charge in [-0.05, 0) is 100 Å². The maximum Gasteiger partial charge on any atom is 0.194 e. The molecule has 0 aromatic rings. The Morgan fingerprint density at radius 3 is 2.13 bits per heavy atom. The second kappa shape index (κ2) is 12.8. The maximum atomic E-state index is 8.90. The van der Waals surface area contributed by atoms with Crippen LogP contribution in [0.5, 0.6) is 0 Å². The second-order valence-corrected chi connectivity index (χ2v) is 14.0. The van der Waals surface area contributed by atoms with Crippen LogP contribution in [0.3, 0.4) is 0 Å². The monoisotopic (exact) mass is 526 g/mol. The minimum Gasteiger partial charge on any atom is -0.370 e. The van der Waals surface area contributed by atoms with Crippen LogP contribution in [0.2, 0.25) is 0 Å². The molecule has 3 N–H and O–H groups in total. The Balaban J connectivity index is 1.05. The number of hydrogen-bond donors (Lipinski definition) is 2. The number of aliphatic imine (C=N–C) groups is 1. The highest BCUT2D eigenvalue weighted by atomic mass is 15.4. The molecule has 0 aromatic heterocycles. The molecule has 6 aliphatic rings. The molecule has 0 aromatic carbocycles. The standard InChI is InChI=1S/C32H58N6/c1-3-5-7-9-15-38-29(11-6-4-2)24-36(31(38)34)14-10-8-12-28-23-35-30(33)37(28)16-13-32-20-25-17-26(21-32)19-27(18-25)22-32/h25-29,34H,3-24H2,1-2H3,(H2,33,35)/t25?,26?,27?,28-,29-,32?/m0/s1. The summed E-state index contributed by atoms with van der Waals surface area (Å²) in [6, 6.07) is 1.04. The van der Waals surface area contributed by atoms with Crippen LogP contribution in [0.25, 0.3) is 0 Å². The molecule has 0 amide bonds. The lowest BCUT2D eigenvalue weighted by atomic mass is 9.49. The largest absolute Gasteiger partial charge is 0.370 e. The Labute approximate surface area is 233 Å². The van der Waals surface area contributed by atoms with Gasteiger partial charge in [-0.25, -0.2) is 0 Å². The number of nitrogens with zero attached hydrogens (tertiary/aromatic N) is 4. The lowest BCUT2D eigenvalue weighted by molar-refractivity contribution is -0.0597. The topological polar surface area (TPSA) is 72.0 Å². The molecule has 0 unspecified atom stereocenters. The van der Waals surface area contributed by atoms with Gasteiger partial charge in [0.15, 0.2) is 11.9 Å². The first-order valence-electron chi connectivity index (χ1n) is 16.7. The fourth-order valence-corrected chi connectivity index (χ4v) is 9.43. The quantitative estimate of drug-likeness (QED) is 0.227. The van der Waals surface area contributed by atoms with Crippen molar-refractivity contribution in [3.8, 4) is 0 Å². The van der Waals surface area contributed by atoms with E-state index in [-0.39, 0.29) is 0 Å². The van der Waals surface area contributed by atoms with Crippen molar-refractivity contribution in [1.29, 1.82) is 5.41 Å². The first kappa shape index (κ1) is 28.1. The zero-order valence-electron chi connectivity index (χ0n) is 24.8. The van der Waals surface area contributed by atoms with Gasteiger partial charge in [0.1, 0.15) is 0 Å². The van der Waals surface area contributed by atoms with Crippen molar-refractivity contribution in [3.05, 3.63) is 0 Å². The molecule has 6 heteroatoms. The number of nitrogens with two attached hydrogens (primary N) is 1. The number of hydrogen-bond acceptors (Lipinski definition) is 4. The minimum absolute atomic E-state index is 0.495. The molecule has 6 rings (SSSR count). The van der Waals surface area contributed by atoms with Crippen LogP contribution in [0, 0.1) is 28.6 Å². The van der Waals surface area contributed by atoms with E-state index < -0.39 is 0 Å². The van der Waals surface area contributed by atoms with Crippen LogP contribution in [0.15, 0.2) is 4.99 Å². The lowest BCUT2D eigenvalue weighted by Crippen LogP contribution is -2.49. The molecule has 0 radical (unpaired) electrons. The average molecular weight is 527 g/mol. The van der Waals surface area contributed by atoms with E-state index in [0.29, 0.717) is 17.5 Å². The van der Waals surface area contributed by atoms with Crippen LogP contribution in [0.1, 0.15) is 123 Å². The molecule has 4 aliphatic carbocycles. The van der Waals surface area contributed by atoms with E-state index in [0.717, 1.165) is 62.4 Å². The molecule has 38 heavy (non-hydrogen) atoms. The molecule has 5 fully saturated rings. The molecule has 2 aliphatic heterocycles. The summed E-state index contributed by atoms with van der Waals surface area (Å²) in [5, 5.41) is 8.90. The summed E-state index contributed by atoms with van der Waals surface area (Å²) in [5.41, 5.74) is 7.05. The Hall–Kier alpha value is -1.46. The average Bonchev–Trinajstić information content (AvgIpc) is 3.39. The van der Waals surface area contributed by atoms with Gasteiger partial charge in [0.05, 0.1) is 12.6 Å². The molecule has 4 saturated carbocycles. The molecule has 216 valence electrons. The van der Waals surface area contributed by atoms with Crippen molar-refractivity contribution in [2.75, 3.05) is 32.7 Å². The molecule has 0 spiro atoms. The van der Waals surface area contributed by atoms with Crippen molar-refractivity contribution in [1.82, 2.24) is 14.7 Å². The Bertz CT molecular complexity index is 772. The molecule has 2 heterocycles. The van der Waals surface area contributed by atoms with Gasteiger partial charge in [-0.2, -0.15) is 0 Å². The van der Waals surface area contributed by atoms with Gasteiger partial charge in [0.2, 0.25) is 0 Å². The summed E-state index contributed by atoms with van der Waals surface area (Å²) >= 11 is 0. The first-order chi connectivity index (χ1) is 18.5. The molecular formula is C32H58N6. The smallest absolute Gasteiger partial charge is 0.194 e. The van der Waals surface area contributed by atoms with E-state index in [1.807, 2.05) is 0 Å². The van der Waals surface area contributed by atoms with Gasteiger partial charge in [-0.3, -0.25) is 10.4 Å². The fourth-order valence-electron chi connectivity index (χ4n) is 9.43. The highest BCUT2D eigenvalue weighted by Gasteiger charge is 2.50. The van der Waals surface area contributed by atoms with E-state index in [9.17, 15) is 0 Å². The zero-order chi connectivity index (χ0) is 26.5. The molecule has 6 nitrogen and oxygen atoms in total. The van der Waals surface area contributed by atoms with E-state index in [1.165, 1.54) is 109 Å². The van der Waals surface area contributed by atoms with Crippen LogP contribution < -0.4 is 5.73 Å². The van der Waals surface area contributed by atoms with E-state index in [2.05, 4.69) is 28.5 Å². The van der Waals surface area contributed by atoms with E-state index >= 15 is 0 Å². The van der Waals surface area contributed by atoms with Crippen molar-refractivity contribution < 1.29 is 0 Å². The van der Waals surface area contributed by atoms with Crippen LogP contribution in [0.4, 0.5) is 0 Å². The Kier molecular flexibility index (Phi) is 9.46. The van der Waals surface area contributed by atoms with Crippen molar-refractivity contribution >= 4 is 11.9 Å². The van der Waals surface area contributed by atoms with Gasteiger partial charge >= 0.3 is 0 Å². The summed E-state index contributed by atoms with van der Waals surface area (Å²) < 4.78 is 0. The van der Waals surface area contributed by atoms with E-state index in [1.54, 1.807) is 0 Å². The highest BCUT2D eigenvalue weighted by Crippen LogP contribution is 2.61. The summed E-state index contributed by atoms with van der Waals surface area (Å²) in [4.78, 5) is 12.0. The van der Waals surface area contributed by atoms with Crippen molar-refractivity contribution in [2.45, 2.75) is 135 Å². The molecule has 2 atom stereocenters. The number of nitrogens with one attached hydrogen (secondary N) is 1. The lowest BCUT2D eigenvalue weighted by Gasteiger charge is -2.57. The summed E-state index contributed by atoms with van der Waals surface area (Å²) in [6.07, 6.45) is 22.8. The van der Waals surface area contributed by atoms with E-state index in [4.69, 9.17) is 16.1 Å². The van der Waals surface area contributed by atoms with Crippen LogP contribution in [-0.2, 0) is 0 Å². The van der Waals surface area contributed by atoms with Crippen LogP contribution in [-0.4, -0.2) is 71.4 Å². The summed E-state index contributed by atoms with van der Waals surface area (Å²) in [7, 11) is 0. The predicted octanol–water partition coefficient (Wildman–Crippen LogP) is 6.45. The number of unbranched alkanes of at least 4 members (excludes halogenated alkanes) is 5. The normalized spacial score (nSPS) is 34.2. The SMILES string of the molecule is CCCCCCN1C(=N)N(CCCC[C@H]2CN=C(N)N2CCC23CC4CC(CC(C4)C2)C3)C[C@@H]1CCCC. The summed E-state index contributed by atoms with van der Waals surface area (Å²) in [6.45, 7) is 9.73. The predicted molar refractivity (Wildman–Crippen MR) is 160 cm³/mol. The third kappa shape index (κ3) is 6.46. The molecule has 1 saturated heterocycles. The second-order valence-electron chi connectivity index (χ2n) is 14.0. The zero-order valence-corrected chi connectivity index (χ0v) is 24.8. The van der Waals surface area contributed by atoms with Gasteiger partial charge < -0.3 is 20.4 Å². The third-order valence-corrected chi connectivity index (χ3v) is 11.0. The van der Waals surface area contributed by atoms with Gasteiger partial charge in [-0.15, -0.1) is 0 Å². The number of guanidine groups is 2. The Morgan fingerprint density at radius 1 is 0.789 bits per heavy atom. The Morgan fingerprint density at radius 2 is 1.45 bits per heavy atom. The fraction of sp³-hybridized carbons (Fsp3) is 0.938. The molecule has 4 bridgehead atoms. The van der Waals surface area contributed by atoms with Gasteiger partial charge in [0.25, 0.3) is 0 Å².